The molecule has 6 heteroatoms. The molecule has 1 aromatic heterocycles. The van der Waals surface area contributed by atoms with Crippen molar-refractivity contribution in [3.8, 4) is 0 Å². The molecular formula is C15H18N2O3S. The number of aryl methyl sites for hydroxylation is 2. The minimum Gasteiger partial charge on any atom is -0.481 e. The SMILES string of the molecule is CCc1nc(NC(=O)[C@H]2C3C=CC(C3)[C@H]2C(=O)O)sc1C. The molecule has 0 saturated heterocycles. The minimum absolute atomic E-state index is 0.00696. The molecule has 1 aromatic rings. The number of allylic oxidation sites excluding steroid dienone is 2. The first-order chi connectivity index (χ1) is 10.0. The molecule has 0 aromatic carbocycles. The van der Waals surface area contributed by atoms with Crippen LogP contribution in [0.3, 0.4) is 0 Å². The molecule has 1 saturated carbocycles. The topological polar surface area (TPSA) is 79.3 Å². The lowest BCUT2D eigenvalue weighted by atomic mass is 9.82. The molecule has 0 aliphatic heterocycles. The fraction of sp³-hybridized carbons (Fsp3) is 0.533. The van der Waals surface area contributed by atoms with Crippen molar-refractivity contribution in [2.75, 3.05) is 5.32 Å². The number of anilines is 1. The summed E-state index contributed by atoms with van der Waals surface area (Å²) in [6, 6.07) is 0. The highest BCUT2D eigenvalue weighted by molar-refractivity contribution is 7.15. The van der Waals surface area contributed by atoms with E-state index in [-0.39, 0.29) is 17.7 Å². The van der Waals surface area contributed by atoms with E-state index in [4.69, 9.17) is 0 Å². The number of aliphatic carboxylic acids is 1. The Kier molecular flexibility index (Phi) is 3.57. The van der Waals surface area contributed by atoms with E-state index in [0.29, 0.717) is 5.13 Å². The van der Waals surface area contributed by atoms with Crippen LogP contribution in [0.25, 0.3) is 0 Å². The number of amides is 1. The highest BCUT2D eigenvalue weighted by Gasteiger charge is 2.51. The van der Waals surface area contributed by atoms with E-state index in [2.05, 4.69) is 10.3 Å². The zero-order valence-electron chi connectivity index (χ0n) is 12.0. The highest BCUT2D eigenvalue weighted by atomic mass is 32.1. The molecule has 1 amide bonds. The number of rotatable bonds is 4. The molecule has 2 unspecified atom stereocenters. The zero-order valence-corrected chi connectivity index (χ0v) is 12.8. The van der Waals surface area contributed by atoms with Crippen molar-refractivity contribution < 1.29 is 14.7 Å². The van der Waals surface area contributed by atoms with Crippen molar-refractivity contribution in [3.05, 3.63) is 22.7 Å². The van der Waals surface area contributed by atoms with E-state index in [0.717, 1.165) is 23.4 Å². The second kappa shape index (κ2) is 5.26. The van der Waals surface area contributed by atoms with Gasteiger partial charge in [0, 0.05) is 4.88 Å². The van der Waals surface area contributed by atoms with E-state index >= 15 is 0 Å². The maximum Gasteiger partial charge on any atom is 0.307 e. The number of carboxylic acids is 1. The summed E-state index contributed by atoms with van der Waals surface area (Å²) >= 11 is 1.45. The number of hydrogen-bond acceptors (Lipinski definition) is 4. The monoisotopic (exact) mass is 306 g/mol. The average molecular weight is 306 g/mol. The van der Waals surface area contributed by atoms with Crippen LogP contribution in [0.2, 0.25) is 0 Å². The standard InChI is InChI=1S/C15H18N2O3S/c1-3-10-7(2)21-15(16-10)17-13(18)11-8-4-5-9(6-8)12(11)14(19)20/h4-5,8-9,11-12H,3,6H2,1-2H3,(H,19,20)(H,16,17,18)/t8?,9?,11-,12+/m0/s1. The van der Waals surface area contributed by atoms with E-state index < -0.39 is 17.8 Å². The average Bonchev–Trinajstić information content (AvgIpc) is 3.11. The van der Waals surface area contributed by atoms with Gasteiger partial charge >= 0.3 is 5.97 Å². The second-order valence-corrected chi connectivity index (χ2v) is 6.91. The van der Waals surface area contributed by atoms with Gasteiger partial charge in [-0.25, -0.2) is 4.98 Å². The van der Waals surface area contributed by atoms with Crippen molar-refractivity contribution in [2.24, 2.45) is 23.7 Å². The van der Waals surface area contributed by atoms with Crippen LogP contribution >= 0.6 is 11.3 Å². The van der Waals surface area contributed by atoms with Gasteiger partial charge in [-0.3, -0.25) is 9.59 Å². The van der Waals surface area contributed by atoms with Gasteiger partial charge in [-0.2, -0.15) is 0 Å². The molecule has 21 heavy (non-hydrogen) atoms. The van der Waals surface area contributed by atoms with Gasteiger partial charge in [0.1, 0.15) is 0 Å². The van der Waals surface area contributed by atoms with E-state index in [1.54, 1.807) is 0 Å². The number of carbonyl (C=O) groups excluding carboxylic acids is 1. The van der Waals surface area contributed by atoms with Gasteiger partial charge < -0.3 is 10.4 Å². The Morgan fingerprint density at radius 1 is 1.38 bits per heavy atom. The summed E-state index contributed by atoms with van der Waals surface area (Å²) in [5.41, 5.74) is 0.984. The van der Waals surface area contributed by atoms with Gasteiger partial charge in [-0.1, -0.05) is 19.1 Å². The summed E-state index contributed by atoms with van der Waals surface area (Å²) in [4.78, 5) is 29.4. The Labute approximate surface area is 127 Å². The second-order valence-electron chi connectivity index (χ2n) is 5.70. The van der Waals surface area contributed by atoms with Crippen LogP contribution in [0.1, 0.15) is 23.9 Å². The largest absolute Gasteiger partial charge is 0.481 e. The molecule has 0 radical (unpaired) electrons. The van der Waals surface area contributed by atoms with E-state index in [9.17, 15) is 14.7 Å². The maximum atomic E-state index is 12.5. The van der Waals surface area contributed by atoms with Gasteiger partial charge in [-0.15, -0.1) is 11.3 Å². The molecule has 1 fully saturated rings. The molecule has 4 atom stereocenters. The maximum absolute atomic E-state index is 12.5. The van der Waals surface area contributed by atoms with Crippen LogP contribution in [-0.4, -0.2) is 22.0 Å². The van der Waals surface area contributed by atoms with Gasteiger partial charge in [0.05, 0.1) is 17.5 Å². The van der Waals surface area contributed by atoms with Crippen LogP contribution < -0.4 is 5.32 Å². The number of hydrogen-bond donors (Lipinski definition) is 2. The number of aromatic nitrogens is 1. The van der Waals surface area contributed by atoms with E-state index in [1.807, 2.05) is 26.0 Å². The fourth-order valence-corrected chi connectivity index (χ4v) is 4.42. The number of fused-ring (bicyclic) bond motifs is 2. The Hall–Kier alpha value is -1.69. The lowest BCUT2D eigenvalue weighted by Crippen LogP contribution is -2.36. The molecule has 1 heterocycles. The van der Waals surface area contributed by atoms with Gasteiger partial charge in [0.15, 0.2) is 5.13 Å². The van der Waals surface area contributed by atoms with Gasteiger partial charge in [-0.05, 0) is 31.6 Å². The Morgan fingerprint density at radius 3 is 2.62 bits per heavy atom. The fourth-order valence-electron chi connectivity index (χ4n) is 3.51. The van der Waals surface area contributed by atoms with Crippen LogP contribution in [0.4, 0.5) is 5.13 Å². The first kappa shape index (κ1) is 14.3. The van der Waals surface area contributed by atoms with Gasteiger partial charge in [0.25, 0.3) is 0 Å². The number of thiazole rings is 1. The van der Waals surface area contributed by atoms with Crippen molar-refractivity contribution in [1.82, 2.24) is 4.98 Å². The summed E-state index contributed by atoms with van der Waals surface area (Å²) in [7, 11) is 0. The molecule has 2 bridgehead atoms. The quantitative estimate of drug-likeness (QED) is 0.838. The molecule has 5 nitrogen and oxygen atoms in total. The first-order valence-electron chi connectivity index (χ1n) is 7.19. The summed E-state index contributed by atoms with van der Waals surface area (Å²) in [6.45, 7) is 4.00. The molecule has 112 valence electrons. The Bertz CT molecular complexity index is 622. The molecule has 3 rings (SSSR count). The Morgan fingerprint density at radius 2 is 2.05 bits per heavy atom. The summed E-state index contributed by atoms with van der Waals surface area (Å²) < 4.78 is 0. The van der Waals surface area contributed by atoms with Gasteiger partial charge in [0.2, 0.25) is 5.91 Å². The molecule has 2 aliphatic rings. The van der Waals surface area contributed by atoms with Crippen LogP contribution in [-0.2, 0) is 16.0 Å². The van der Waals surface area contributed by atoms with Crippen LogP contribution in [0, 0.1) is 30.6 Å². The van der Waals surface area contributed by atoms with E-state index in [1.165, 1.54) is 11.3 Å². The third kappa shape index (κ3) is 2.37. The summed E-state index contributed by atoms with van der Waals surface area (Å²) in [6.07, 6.45) is 5.52. The number of carbonyl (C=O) groups is 2. The lowest BCUT2D eigenvalue weighted by molar-refractivity contribution is -0.146. The number of carboxylic acid groups (broad SMARTS) is 1. The molecule has 2 N–H and O–H groups in total. The summed E-state index contributed by atoms with van der Waals surface area (Å²) in [5.74, 6) is -2.14. The predicted molar refractivity (Wildman–Crippen MR) is 80.2 cm³/mol. The minimum atomic E-state index is -0.878. The normalized spacial score (nSPS) is 29.8. The molecule has 2 aliphatic carbocycles. The third-order valence-electron chi connectivity index (χ3n) is 4.50. The lowest BCUT2D eigenvalue weighted by Gasteiger charge is -2.23. The molecule has 0 spiro atoms. The van der Waals surface area contributed by atoms with Crippen LogP contribution in [0.15, 0.2) is 12.2 Å². The number of nitrogens with one attached hydrogen (secondary N) is 1. The van der Waals surface area contributed by atoms with Crippen molar-refractivity contribution in [3.63, 3.8) is 0 Å². The first-order valence-corrected chi connectivity index (χ1v) is 8.01. The van der Waals surface area contributed by atoms with Crippen molar-refractivity contribution in [1.29, 1.82) is 0 Å². The predicted octanol–water partition coefficient (Wildman–Crippen LogP) is 2.48. The molecular weight excluding hydrogens is 288 g/mol. The third-order valence-corrected chi connectivity index (χ3v) is 5.43. The van der Waals surface area contributed by atoms with Crippen LogP contribution in [0.5, 0.6) is 0 Å². The Balaban J connectivity index is 1.78. The number of nitrogens with zero attached hydrogens (tertiary/aromatic N) is 1. The van der Waals surface area contributed by atoms with Crippen molar-refractivity contribution in [2.45, 2.75) is 26.7 Å². The zero-order chi connectivity index (χ0) is 15.1. The highest BCUT2D eigenvalue weighted by Crippen LogP contribution is 2.48. The summed E-state index contributed by atoms with van der Waals surface area (Å²) in [5, 5.41) is 12.8. The van der Waals surface area contributed by atoms with Crippen molar-refractivity contribution >= 4 is 28.3 Å². The smallest absolute Gasteiger partial charge is 0.307 e.